The minimum Gasteiger partial charge on any atom is -0.355 e. The van der Waals surface area contributed by atoms with Crippen molar-refractivity contribution in [1.29, 1.82) is 0 Å². The van der Waals surface area contributed by atoms with Crippen LogP contribution in [-0.4, -0.2) is 44.3 Å². The quantitative estimate of drug-likeness (QED) is 0.725. The number of piperidine rings is 1. The van der Waals surface area contributed by atoms with E-state index >= 15 is 0 Å². The molecule has 0 atom stereocenters. The van der Waals surface area contributed by atoms with Gasteiger partial charge in [-0.25, -0.2) is 4.98 Å². The van der Waals surface area contributed by atoms with E-state index in [1.54, 1.807) is 6.20 Å². The maximum atomic E-state index is 4.54. The summed E-state index contributed by atoms with van der Waals surface area (Å²) in [5, 5.41) is 12.8. The number of hydrogen-bond donors (Lipinski definition) is 1. The highest BCUT2D eigenvalue weighted by Gasteiger charge is 2.39. The first-order valence-corrected chi connectivity index (χ1v) is 10.2. The van der Waals surface area contributed by atoms with Crippen molar-refractivity contribution in [2.45, 2.75) is 64.6 Å². The first-order chi connectivity index (χ1) is 13.6. The smallest absolute Gasteiger partial charge is 0.151 e. The van der Waals surface area contributed by atoms with Crippen LogP contribution in [-0.2, 0) is 0 Å². The van der Waals surface area contributed by atoms with E-state index in [0.29, 0.717) is 6.04 Å². The Bertz CT molecular complexity index is 1010. The third kappa shape index (κ3) is 4.22. The number of rotatable bonds is 3. The average Bonchev–Trinajstić information content (AvgIpc) is 2.64. The van der Waals surface area contributed by atoms with Gasteiger partial charge in [0.15, 0.2) is 5.82 Å². The molecule has 152 valence electrons. The summed E-state index contributed by atoms with van der Waals surface area (Å²) in [6.07, 6.45) is 3.93. The van der Waals surface area contributed by atoms with Gasteiger partial charge in [-0.15, -0.1) is 10.2 Å². The number of nitrogens with one attached hydrogen (secondary N) is 1. The molecule has 3 aromatic rings. The number of aryl methyl sites for hydroxylation is 1. The second-order valence-corrected chi connectivity index (χ2v) is 9.56. The van der Waals surface area contributed by atoms with Crippen LogP contribution < -0.4 is 10.2 Å². The molecule has 0 unspecified atom stereocenters. The van der Waals surface area contributed by atoms with E-state index in [4.69, 9.17) is 0 Å². The van der Waals surface area contributed by atoms with E-state index < -0.39 is 0 Å². The van der Waals surface area contributed by atoms with E-state index in [1.807, 2.05) is 31.2 Å². The van der Waals surface area contributed by atoms with Crippen LogP contribution in [0.1, 0.15) is 46.2 Å². The Morgan fingerprint density at radius 1 is 0.966 bits per heavy atom. The van der Waals surface area contributed by atoms with Crippen LogP contribution >= 0.6 is 0 Å². The van der Waals surface area contributed by atoms with Crippen LogP contribution in [0.4, 0.5) is 5.82 Å². The second-order valence-electron chi connectivity index (χ2n) is 9.56. The fourth-order valence-electron chi connectivity index (χ4n) is 4.66. The number of anilines is 1. The predicted octanol–water partition coefficient (Wildman–Crippen LogP) is 4.14. The molecule has 4 rings (SSSR count). The van der Waals surface area contributed by atoms with E-state index in [-0.39, 0.29) is 11.1 Å². The van der Waals surface area contributed by atoms with Crippen molar-refractivity contribution in [2.24, 2.45) is 0 Å². The third-order valence-corrected chi connectivity index (χ3v) is 5.69. The van der Waals surface area contributed by atoms with Gasteiger partial charge >= 0.3 is 0 Å². The van der Waals surface area contributed by atoms with Crippen molar-refractivity contribution in [3.05, 3.63) is 42.2 Å². The lowest BCUT2D eigenvalue weighted by atomic mass is 9.79. The average molecular weight is 391 g/mol. The highest BCUT2D eigenvalue weighted by Crippen LogP contribution is 2.32. The lowest BCUT2D eigenvalue weighted by Gasteiger charge is -2.49. The molecule has 1 aliphatic rings. The standard InChI is InChI=1S/C23H30N6/c1-15-14-24-20-11-16(7-8-19(20)25-15)18-9-10-21(27-26-18)29(6)17-12-22(2,3)28-23(4,5)13-17/h7-11,14,17,28H,12-13H2,1-6H3. The molecule has 1 N–H and O–H groups in total. The fourth-order valence-corrected chi connectivity index (χ4v) is 4.66. The van der Waals surface area contributed by atoms with E-state index in [0.717, 1.165) is 46.6 Å². The normalized spacial score (nSPS) is 18.7. The van der Waals surface area contributed by atoms with E-state index in [2.05, 4.69) is 71.2 Å². The molecule has 29 heavy (non-hydrogen) atoms. The minimum absolute atomic E-state index is 0.0958. The van der Waals surface area contributed by atoms with Gasteiger partial charge in [0.1, 0.15) is 0 Å². The molecular weight excluding hydrogens is 360 g/mol. The summed E-state index contributed by atoms with van der Waals surface area (Å²) in [6.45, 7) is 11.0. The molecule has 0 amide bonds. The largest absolute Gasteiger partial charge is 0.355 e. The Labute approximate surface area is 172 Å². The number of benzene rings is 1. The van der Waals surface area contributed by atoms with Gasteiger partial charge in [-0.05, 0) is 71.7 Å². The van der Waals surface area contributed by atoms with Crippen LogP contribution in [0.3, 0.4) is 0 Å². The van der Waals surface area contributed by atoms with Crippen molar-refractivity contribution in [3.8, 4) is 11.3 Å². The molecular formula is C23H30N6. The maximum Gasteiger partial charge on any atom is 0.151 e. The molecule has 2 aromatic heterocycles. The molecule has 3 heterocycles. The summed E-state index contributed by atoms with van der Waals surface area (Å²) in [7, 11) is 2.12. The van der Waals surface area contributed by atoms with Gasteiger partial charge in [-0.1, -0.05) is 6.07 Å². The molecule has 1 aliphatic heterocycles. The summed E-state index contributed by atoms with van der Waals surface area (Å²) >= 11 is 0. The van der Waals surface area contributed by atoms with E-state index in [9.17, 15) is 0 Å². The summed E-state index contributed by atoms with van der Waals surface area (Å²) in [5.74, 6) is 0.906. The zero-order valence-corrected chi connectivity index (χ0v) is 18.2. The summed E-state index contributed by atoms with van der Waals surface area (Å²) in [5.41, 5.74) is 4.72. The Morgan fingerprint density at radius 2 is 1.69 bits per heavy atom. The molecule has 1 aromatic carbocycles. The topological polar surface area (TPSA) is 66.8 Å². The number of aromatic nitrogens is 4. The van der Waals surface area contributed by atoms with E-state index in [1.165, 1.54) is 0 Å². The fraction of sp³-hybridized carbons (Fsp3) is 0.478. The molecule has 1 fully saturated rings. The van der Waals surface area contributed by atoms with Gasteiger partial charge in [-0.3, -0.25) is 4.98 Å². The molecule has 0 radical (unpaired) electrons. The Morgan fingerprint density at radius 3 is 2.34 bits per heavy atom. The lowest BCUT2D eigenvalue weighted by molar-refractivity contribution is 0.160. The maximum absolute atomic E-state index is 4.54. The monoisotopic (exact) mass is 390 g/mol. The first kappa shape index (κ1) is 19.7. The van der Waals surface area contributed by atoms with Gasteiger partial charge in [0.25, 0.3) is 0 Å². The van der Waals surface area contributed by atoms with Crippen molar-refractivity contribution in [1.82, 2.24) is 25.5 Å². The Balaban J connectivity index is 1.57. The van der Waals surface area contributed by atoms with Gasteiger partial charge in [-0.2, -0.15) is 0 Å². The molecule has 1 saturated heterocycles. The summed E-state index contributed by atoms with van der Waals surface area (Å²) < 4.78 is 0. The van der Waals surface area contributed by atoms with Crippen LogP contribution in [0.2, 0.25) is 0 Å². The van der Waals surface area contributed by atoms with Gasteiger partial charge in [0, 0.05) is 35.9 Å². The number of hydrogen-bond acceptors (Lipinski definition) is 6. The molecule has 6 heteroatoms. The van der Waals surface area contributed by atoms with Crippen LogP contribution in [0.5, 0.6) is 0 Å². The number of nitrogens with zero attached hydrogens (tertiary/aromatic N) is 5. The van der Waals surface area contributed by atoms with Crippen LogP contribution in [0, 0.1) is 6.92 Å². The molecule has 0 spiro atoms. The zero-order valence-electron chi connectivity index (χ0n) is 18.2. The summed E-state index contributed by atoms with van der Waals surface area (Å²) in [6, 6.07) is 10.6. The van der Waals surface area contributed by atoms with Crippen molar-refractivity contribution < 1.29 is 0 Å². The molecule has 0 bridgehead atoms. The predicted molar refractivity (Wildman–Crippen MR) is 118 cm³/mol. The lowest BCUT2D eigenvalue weighted by Crippen LogP contribution is -2.62. The van der Waals surface area contributed by atoms with Crippen LogP contribution in [0.15, 0.2) is 36.5 Å². The molecule has 0 saturated carbocycles. The van der Waals surface area contributed by atoms with Gasteiger partial charge in [0.2, 0.25) is 0 Å². The second kappa shape index (κ2) is 7.02. The zero-order chi connectivity index (χ0) is 20.8. The van der Waals surface area contributed by atoms with Crippen molar-refractivity contribution in [3.63, 3.8) is 0 Å². The third-order valence-electron chi connectivity index (χ3n) is 5.69. The Kier molecular flexibility index (Phi) is 4.77. The summed E-state index contributed by atoms with van der Waals surface area (Å²) in [4.78, 5) is 11.3. The van der Waals surface area contributed by atoms with Gasteiger partial charge < -0.3 is 10.2 Å². The first-order valence-electron chi connectivity index (χ1n) is 10.2. The minimum atomic E-state index is 0.0958. The van der Waals surface area contributed by atoms with Crippen molar-refractivity contribution >= 4 is 16.9 Å². The molecule has 0 aliphatic carbocycles. The highest BCUT2D eigenvalue weighted by atomic mass is 15.3. The van der Waals surface area contributed by atoms with Gasteiger partial charge in [0.05, 0.1) is 22.4 Å². The number of fused-ring (bicyclic) bond motifs is 1. The Hall–Kier alpha value is -2.60. The highest BCUT2D eigenvalue weighted by molar-refractivity contribution is 5.80. The SMILES string of the molecule is Cc1cnc2cc(-c3ccc(N(C)C4CC(C)(C)NC(C)(C)C4)nn3)ccc2n1. The van der Waals surface area contributed by atoms with Crippen molar-refractivity contribution in [2.75, 3.05) is 11.9 Å². The molecule has 6 nitrogen and oxygen atoms in total. The van der Waals surface area contributed by atoms with Crippen LogP contribution in [0.25, 0.3) is 22.3 Å².